The molecule has 0 radical (unpaired) electrons. The Kier molecular flexibility index (Phi) is 3.52. The summed E-state index contributed by atoms with van der Waals surface area (Å²) in [4.78, 5) is 2.21. The molecule has 1 saturated heterocycles. The summed E-state index contributed by atoms with van der Waals surface area (Å²) in [5.74, 6) is -0.182. The molecule has 1 aromatic carbocycles. The number of hydrogen-bond donors (Lipinski definition) is 1. The van der Waals surface area contributed by atoms with E-state index in [0.29, 0.717) is 9.26 Å². The Labute approximate surface area is 116 Å². The van der Waals surface area contributed by atoms with Gasteiger partial charge in [0.2, 0.25) is 0 Å². The van der Waals surface area contributed by atoms with E-state index in [-0.39, 0.29) is 11.2 Å². The molecular weight excluding hydrogens is 330 g/mol. The Balaban J connectivity index is 2.31. The van der Waals surface area contributed by atoms with Gasteiger partial charge in [-0.1, -0.05) is 13.8 Å². The summed E-state index contributed by atoms with van der Waals surface area (Å²) < 4.78 is 14.2. The molecule has 0 bridgehead atoms. The van der Waals surface area contributed by atoms with Gasteiger partial charge in [-0.25, -0.2) is 4.39 Å². The smallest absolute Gasteiger partial charge is 0.138 e. The van der Waals surface area contributed by atoms with Gasteiger partial charge in [0.05, 0.1) is 14.9 Å². The molecule has 2 rings (SSSR count). The van der Waals surface area contributed by atoms with Crippen LogP contribution in [0.15, 0.2) is 12.1 Å². The maximum Gasteiger partial charge on any atom is 0.138 e. The molecule has 1 aromatic rings. The maximum absolute atomic E-state index is 13.6. The fraction of sp³-hybridized carbons (Fsp3) is 0.538. The minimum Gasteiger partial charge on any atom is -0.397 e. The Morgan fingerprint density at radius 2 is 2.12 bits per heavy atom. The standard InChI is InChI=1S/C13H18FIN2/c1-13(2)4-3-5-17(8-13)12-6-9(14)10(15)7-11(12)16/h6-7H,3-5,8,16H2,1-2H3. The van der Waals surface area contributed by atoms with Crippen molar-refractivity contribution in [2.75, 3.05) is 23.7 Å². The second-order valence-corrected chi connectivity index (χ2v) is 6.68. The van der Waals surface area contributed by atoms with Crippen LogP contribution in [0.5, 0.6) is 0 Å². The number of halogens is 2. The molecule has 2 N–H and O–H groups in total. The van der Waals surface area contributed by atoms with Gasteiger partial charge in [0, 0.05) is 19.2 Å². The van der Waals surface area contributed by atoms with Crippen molar-refractivity contribution in [1.82, 2.24) is 0 Å². The third kappa shape index (κ3) is 2.84. The highest BCUT2D eigenvalue weighted by atomic mass is 127. The minimum atomic E-state index is -0.182. The van der Waals surface area contributed by atoms with Crippen LogP contribution in [0.4, 0.5) is 15.8 Å². The van der Waals surface area contributed by atoms with E-state index >= 15 is 0 Å². The lowest BCUT2D eigenvalue weighted by Gasteiger charge is -2.40. The van der Waals surface area contributed by atoms with E-state index in [1.165, 1.54) is 6.42 Å². The molecule has 94 valence electrons. The average molecular weight is 348 g/mol. The van der Waals surface area contributed by atoms with Crippen molar-refractivity contribution in [2.45, 2.75) is 26.7 Å². The minimum absolute atomic E-state index is 0.182. The molecule has 0 atom stereocenters. The van der Waals surface area contributed by atoms with E-state index in [2.05, 4.69) is 18.7 Å². The molecule has 0 saturated carbocycles. The third-order valence-corrected chi connectivity index (χ3v) is 4.14. The van der Waals surface area contributed by atoms with Crippen LogP contribution in [0.25, 0.3) is 0 Å². The Bertz CT molecular complexity index is 432. The summed E-state index contributed by atoms with van der Waals surface area (Å²) in [6.07, 6.45) is 2.36. The number of nitrogen functional groups attached to an aromatic ring is 1. The van der Waals surface area contributed by atoms with Gasteiger partial charge in [0.1, 0.15) is 5.82 Å². The molecule has 0 aromatic heterocycles. The molecule has 0 amide bonds. The number of rotatable bonds is 1. The van der Waals surface area contributed by atoms with E-state index in [1.807, 2.05) is 22.6 Å². The predicted octanol–water partition coefficient (Wildman–Crippen LogP) is 3.64. The van der Waals surface area contributed by atoms with Gasteiger partial charge in [-0.15, -0.1) is 0 Å². The lowest BCUT2D eigenvalue weighted by Crippen LogP contribution is -2.40. The highest BCUT2D eigenvalue weighted by Gasteiger charge is 2.27. The Morgan fingerprint density at radius 3 is 2.76 bits per heavy atom. The second kappa shape index (κ2) is 4.63. The first kappa shape index (κ1) is 12.9. The summed E-state index contributed by atoms with van der Waals surface area (Å²) in [5, 5.41) is 0. The quantitative estimate of drug-likeness (QED) is 0.620. The van der Waals surface area contributed by atoms with Gasteiger partial charge >= 0.3 is 0 Å². The number of nitrogens with two attached hydrogens (primary N) is 1. The van der Waals surface area contributed by atoms with Gasteiger partial charge < -0.3 is 10.6 Å². The van der Waals surface area contributed by atoms with Gasteiger partial charge in [-0.05, 0) is 46.9 Å². The number of hydrogen-bond acceptors (Lipinski definition) is 2. The van der Waals surface area contributed by atoms with Crippen LogP contribution in [0.3, 0.4) is 0 Å². The SMILES string of the molecule is CC1(C)CCCN(c2cc(F)c(I)cc2N)C1. The van der Waals surface area contributed by atoms with Crippen LogP contribution in [0.2, 0.25) is 0 Å². The summed E-state index contributed by atoms with van der Waals surface area (Å²) in [5.41, 5.74) is 7.80. The van der Waals surface area contributed by atoms with Gasteiger partial charge in [-0.2, -0.15) is 0 Å². The lowest BCUT2D eigenvalue weighted by molar-refractivity contribution is 0.293. The molecule has 1 aliphatic heterocycles. The molecule has 0 spiro atoms. The summed E-state index contributed by atoms with van der Waals surface area (Å²) in [7, 11) is 0. The zero-order chi connectivity index (χ0) is 12.6. The van der Waals surface area contributed by atoms with Crippen molar-refractivity contribution in [3.05, 3.63) is 21.5 Å². The van der Waals surface area contributed by atoms with Crippen LogP contribution >= 0.6 is 22.6 Å². The molecule has 2 nitrogen and oxygen atoms in total. The summed E-state index contributed by atoms with van der Waals surface area (Å²) in [6.45, 7) is 6.40. The zero-order valence-electron chi connectivity index (χ0n) is 10.3. The van der Waals surface area contributed by atoms with E-state index in [4.69, 9.17) is 5.73 Å². The van der Waals surface area contributed by atoms with Crippen LogP contribution < -0.4 is 10.6 Å². The van der Waals surface area contributed by atoms with Crippen molar-refractivity contribution < 1.29 is 4.39 Å². The van der Waals surface area contributed by atoms with Crippen molar-refractivity contribution >= 4 is 34.0 Å². The fourth-order valence-corrected chi connectivity index (χ4v) is 2.95. The van der Waals surface area contributed by atoms with Crippen molar-refractivity contribution in [3.8, 4) is 0 Å². The molecule has 0 aliphatic carbocycles. The molecule has 1 heterocycles. The molecule has 1 aliphatic rings. The molecule has 1 fully saturated rings. The van der Waals surface area contributed by atoms with E-state index in [1.54, 1.807) is 12.1 Å². The van der Waals surface area contributed by atoms with E-state index in [0.717, 1.165) is 25.2 Å². The summed E-state index contributed by atoms with van der Waals surface area (Å²) >= 11 is 1.97. The van der Waals surface area contributed by atoms with Gasteiger partial charge in [-0.3, -0.25) is 0 Å². The number of benzene rings is 1. The highest BCUT2D eigenvalue weighted by molar-refractivity contribution is 14.1. The third-order valence-electron chi connectivity index (χ3n) is 3.31. The maximum atomic E-state index is 13.6. The lowest BCUT2D eigenvalue weighted by atomic mass is 9.84. The van der Waals surface area contributed by atoms with E-state index in [9.17, 15) is 4.39 Å². The number of nitrogens with zero attached hydrogens (tertiary/aromatic N) is 1. The van der Waals surface area contributed by atoms with Gasteiger partial charge in [0.15, 0.2) is 0 Å². The monoisotopic (exact) mass is 348 g/mol. The van der Waals surface area contributed by atoms with Gasteiger partial charge in [0.25, 0.3) is 0 Å². The highest BCUT2D eigenvalue weighted by Crippen LogP contribution is 2.35. The fourth-order valence-electron chi connectivity index (χ4n) is 2.45. The molecule has 4 heteroatoms. The normalized spacial score (nSPS) is 19.4. The van der Waals surface area contributed by atoms with Crippen molar-refractivity contribution in [3.63, 3.8) is 0 Å². The average Bonchev–Trinajstić information content (AvgIpc) is 2.22. The zero-order valence-corrected chi connectivity index (χ0v) is 12.4. The Hall–Kier alpha value is -0.520. The Morgan fingerprint density at radius 1 is 1.41 bits per heavy atom. The first-order chi connectivity index (χ1) is 7.89. The van der Waals surface area contributed by atoms with E-state index < -0.39 is 0 Å². The van der Waals surface area contributed by atoms with Crippen molar-refractivity contribution in [2.24, 2.45) is 5.41 Å². The van der Waals surface area contributed by atoms with Crippen LogP contribution in [0, 0.1) is 14.8 Å². The summed E-state index contributed by atoms with van der Waals surface area (Å²) in [6, 6.07) is 3.28. The second-order valence-electron chi connectivity index (χ2n) is 5.51. The number of anilines is 2. The first-order valence-corrected chi connectivity index (χ1v) is 6.96. The van der Waals surface area contributed by atoms with Crippen LogP contribution in [-0.2, 0) is 0 Å². The topological polar surface area (TPSA) is 29.3 Å². The number of piperidine rings is 1. The molecular formula is C13H18FIN2. The molecule has 17 heavy (non-hydrogen) atoms. The molecule has 0 unspecified atom stereocenters. The van der Waals surface area contributed by atoms with Crippen molar-refractivity contribution in [1.29, 1.82) is 0 Å². The first-order valence-electron chi connectivity index (χ1n) is 5.88. The van der Waals surface area contributed by atoms with Crippen LogP contribution in [-0.4, -0.2) is 13.1 Å². The predicted molar refractivity (Wildman–Crippen MR) is 78.8 cm³/mol. The van der Waals surface area contributed by atoms with Crippen LogP contribution in [0.1, 0.15) is 26.7 Å². The largest absolute Gasteiger partial charge is 0.397 e.